The van der Waals surface area contributed by atoms with Gasteiger partial charge in [-0.25, -0.2) is 0 Å². The molecule has 3 N–H and O–H groups in total. The van der Waals surface area contributed by atoms with Crippen molar-refractivity contribution >= 4 is 11.8 Å². The van der Waals surface area contributed by atoms with Crippen LogP contribution in [0.2, 0.25) is 0 Å². The van der Waals surface area contributed by atoms with Crippen LogP contribution in [0.3, 0.4) is 0 Å². The molecule has 1 rings (SSSR count). The van der Waals surface area contributed by atoms with E-state index in [9.17, 15) is 9.59 Å². The molecule has 1 aliphatic heterocycles. The maximum Gasteiger partial charge on any atom is 0.226 e. The predicted octanol–water partition coefficient (Wildman–Crippen LogP) is 1.43. The van der Waals surface area contributed by atoms with Crippen molar-refractivity contribution in [3.63, 3.8) is 0 Å². The van der Waals surface area contributed by atoms with Gasteiger partial charge in [0.1, 0.15) is 0 Å². The summed E-state index contributed by atoms with van der Waals surface area (Å²) in [7, 11) is 0. The van der Waals surface area contributed by atoms with Gasteiger partial charge in [0.15, 0.2) is 0 Å². The Morgan fingerprint density at radius 1 is 1.19 bits per heavy atom. The molecule has 1 heterocycles. The topological polar surface area (TPSA) is 70.2 Å². The van der Waals surface area contributed by atoms with Crippen molar-refractivity contribution in [1.29, 1.82) is 0 Å². The van der Waals surface area contributed by atoms with E-state index < -0.39 is 0 Å². The summed E-state index contributed by atoms with van der Waals surface area (Å²) in [5.41, 5.74) is -0.228. The fourth-order valence-electron chi connectivity index (χ4n) is 2.86. The van der Waals surface area contributed by atoms with Crippen LogP contribution >= 0.6 is 0 Å². The minimum absolute atomic E-state index is 0.0128. The summed E-state index contributed by atoms with van der Waals surface area (Å²) in [6.45, 7) is 9.18. The molecule has 0 atom stereocenters. The summed E-state index contributed by atoms with van der Waals surface area (Å²) in [5, 5.41) is 9.15. The molecule has 0 aromatic carbocycles. The lowest BCUT2D eigenvalue weighted by molar-refractivity contribution is -0.133. The van der Waals surface area contributed by atoms with Gasteiger partial charge in [-0.15, -0.1) is 0 Å². The summed E-state index contributed by atoms with van der Waals surface area (Å²) in [5.74, 6) is 0.590. The van der Waals surface area contributed by atoms with Gasteiger partial charge in [0.2, 0.25) is 11.8 Å². The largest absolute Gasteiger partial charge is 0.356 e. The van der Waals surface area contributed by atoms with Crippen LogP contribution in [0.5, 0.6) is 0 Å². The Labute approximate surface area is 128 Å². The van der Waals surface area contributed by atoms with Gasteiger partial charge in [-0.2, -0.15) is 0 Å². The quantitative estimate of drug-likeness (QED) is 0.635. The molecule has 0 aromatic rings. The monoisotopic (exact) mass is 297 g/mol. The predicted molar refractivity (Wildman–Crippen MR) is 84.9 cm³/mol. The molecule has 0 unspecified atom stereocenters. The van der Waals surface area contributed by atoms with Crippen LogP contribution in [0.15, 0.2) is 0 Å². The second-order valence-corrected chi connectivity index (χ2v) is 6.48. The Morgan fingerprint density at radius 2 is 1.86 bits per heavy atom. The van der Waals surface area contributed by atoms with E-state index in [1.54, 1.807) is 0 Å². The second kappa shape index (κ2) is 9.03. The van der Waals surface area contributed by atoms with E-state index >= 15 is 0 Å². The molecule has 2 amide bonds. The summed E-state index contributed by atoms with van der Waals surface area (Å²) in [6, 6.07) is 0. The van der Waals surface area contributed by atoms with Gasteiger partial charge in [-0.1, -0.05) is 27.2 Å². The lowest BCUT2D eigenvalue weighted by Gasteiger charge is -2.36. The summed E-state index contributed by atoms with van der Waals surface area (Å²) >= 11 is 0. The van der Waals surface area contributed by atoms with Crippen molar-refractivity contribution in [2.45, 2.75) is 52.9 Å². The summed E-state index contributed by atoms with van der Waals surface area (Å²) < 4.78 is 0. The third kappa shape index (κ3) is 6.04. The van der Waals surface area contributed by atoms with Gasteiger partial charge < -0.3 is 16.0 Å². The Hall–Kier alpha value is -1.10. The molecule has 5 nitrogen and oxygen atoms in total. The normalized spacial score (nSPS) is 17.5. The molecular weight excluding hydrogens is 266 g/mol. The lowest BCUT2D eigenvalue weighted by atomic mass is 9.74. The Kier molecular flexibility index (Phi) is 7.72. The second-order valence-electron chi connectivity index (χ2n) is 6.48. The molecule has 0 radical (unpaired) electrons. The number of nitrogens with one attached hydrogen (secondary N) is 3. The SMILES string of the molecule is CCCC1(C(=O)NCCC(=O)NCC(C)C)CCNCC1. The van der Waals surface area contributed by atoms with Crippen molar-refractivity contribution in [1.82, 2.24) is 16.0 Å². The van der Waals surface area contributed by atoms with E-state index in [4.69, 9.17) is 0 Å². The lowest BCUT2D eigenvalue weighted by Crippen LogP contribution is -2.48. The van der Waals surface area contributed by atoms with Crippen LogP contribution in [0, 0.1) is 11.3 Å². The van der Waals surface area contributed by atoms with E-state index in [1.807, 2.05) is 0 Å². The molecule has 1 fully saturated rings. The van der Waals surface area contributed by atoms with Crippen molar-refractivity contribution in [2.75, 3.05) is 26.2 Å². The Balaban J connectivity index is 2.35. The minimum Gasteiger partial charge on any atom is -0.356 e. The van der Waals surface area contributed by atoms with E-state index in [-0.39, 0.29) is 17.2 Å². The minimum atomic E-state index is -0.228. The number of piperidine rings is 1. The summed E-state index contributed by atoms with van der Waals surface area (Å²) in [6.07, 6.45) is 4.10. The maximum absolute atomic E-state index is 12.5. The van der Waals surface area contributed by atoms with Gasteiger partial charge >= 0.3 is 0 Å². The average molecular weight is 297 g/mol. The first-order valence-electron chi connectivity index (χ1n) is 8.26. The third-order valence-corrected chi connectivity index (χ3v) is 4.12. The molecule has 0 spiro atoms. The van der Waals surface area contributed by atoms with E-state index in [2.05, 4.69) is 36.7 Å². The molecule has 0 bridgehead atoms. The Bertz CT molecular complexity index is 331. The van der Waals surface area contributed by atoms with E-state index in [0.29, 0.717) is 25.4 Å². The highest BCUT2D eigenvalue weighted by molar-refractivity contribution is 5.83. The van der Waals surface area contributed by atoms with Crippen LogP contribution in [0.1, 0.15) is 52.9 Å². The molecule has 5 heteroatoms. The van der Waals surface area contributed by atoms with Crippen LogP contribution in [0.25, 0.3) is 0 Å². The molecule has 0 aliphatic carbocycles. The zero-order valence-corrected chi connectivity index (χ0v) is 13.8. The van der Waals surface area contributed by atoms with Gasteiger partial charge in [-0.05, 0) is 38.3 Å². The number of hydrogen-bond acceptors (Lipinski definition) is 3. The summed E-state index contributed by atoms with van der Waals surface area (Å²) in [4.78, 5) is 24.1. The molecule has 0 saturated carbocycles. The average Bonchev–Trinajstić information content (AvgIpc) is 2.46. The smallest absolute Gasteiger partial charge is 0.226 e. The highest BCUT2D eigenvalue weighted by Gasteiger charge is 2.38. The molecule has 21 heavy (non-hydrogen) atoms. The van der Waals surface area contributed by atoms with E-state index in [0.717, 1.165) is 38.8 Å². The van der Waals surface area contributed by atoms with Crippen LogP contribution in [-0.4, -0.2) is 38.0 Å². The number of amides is 2. The van der Waals surface area contributed by atoms with Crippen LogP contribution < -0.4 is 16.0 Å². The maximum atomic E-state index is 12.5. The van der Waals surface area contributed by atoms with E-state index in [1.165, 1.54) is 0 Å². The van der Waals surface area contributed by atoms with Gasteiger partial charge in [0.05, 0.1) is 5.41 Å². The molecule has 1 saturated heterocycles. The first kappa shape index (κ1) is 18.0. The van der Waals surface area contributed by atoms with Crippen molar-refractivity contribution < 1.29 is 9.59 Å². The van der Waals surface area contributed by atoms with Gasteiger partial charge in [0, 0.05) is 19.5 Å². The molecule has 122 valence electrons. The highest BCUT2D eigenvalue weighted by atomic mass is 16.2. The first-order valence-corrected chi connectivity index (χ1v) is 8.26. The standard InChI is InChI=1S/C16H31N3O2/c1-4-6-16(7-10-17-11-8-16)15(21)18-9-5-14(20)19-12-13(2)3/h13,17H,4-12H2,1-3H3,(H,18,21)(H,19,20). The molecular formula is C16H31N3O2. The molecule has 1 aliphatic rings. The van der Waals surface area contributed by atoms with Crippen LogP contribution in [-0.2, 0) is 9.59 Å². The number of carbonyl (C=O) groups is 2. The highest BCUT2D eigenvalue weighted by Crippen LogP contribution is 2.34. The van der Waals surface area contributed by atoms with Gasteiger partial charge in [-0.3, -0.25) is 9.59 Å². The van der Waals surface area contributed by atoms with Gasteiger partial charge in [0.25, 0.3) is 0 Å². The zero-order chi connectivity index (χ0) is 15.7. The molecule has 0 aromatic heterocycles. The Morgan fingerprint density at radius 3 is 2.43 bits per heavy atom. The third-order valence-electron chi connectivity index (χ3n) is 4.12. The van der Waals surface area contributed by atoms with Crippen LogP contribution in [0.4, 0.5) is 0 Å². The van der Waals surface area contributed by atoms with Crippen molar-refractivity contribution in [3.05, 3.63) is 0 Å². The van der Waals surface area contributed by atoms with Crippen molar-refractivity contribution in [3.8, 4) is 0 Å². The number of rotatable bonds is 8. The zero-order valence-electron chi connectivity index (χ0n) is 13.8. The first-order chi connectivity index (χ1) is 10.00. The fourth-order valence-corrected chi connectivity index (χ4v) is 2.86. The number of hydrogen-bond donors (Lipinski definition) is 3. The fraction of sp³-hybridized carbons (Fsp3) is 0.875. The van der Waals surface area contributed by atoms with Crippen molar-refractivity contribution in [2.24, 2.45) is 11.3 Å². The number of carbonyl (C=O) groups excluding carboxylic acids is 2.